The monoisotopic (exact) mass is 368 g/mol. The van der Waals surface area contributed by atoms with Gasteiger partial charge in [-0.1, -0.05) is 18.2 Å². The number of non-ortho nitro benzene ring substituents is 1. The van der Waals surface area contributed by atoms with Crippen LogP contribution in [0, 0.1) is 17.0 Å². The van der Waals surface area contributed by atoms with E-state index in [0.29, 0.717) is 28.0 Å². The number of aromatic nitrogens is 1. The summed E-state index contributed by atoms with van der Waals surface area (Å²) in [6, 6.07) is 11.7. The van der Waals surface area contributed by atoms with Gasteiger partial charge >= 0.3 is 0 Å². The van der Waals surface area contributed by atoms with Crippen molar-refractivity contribution in [2.45, 2.75) is 13.8 Å². The van der Waals surface area contributed by atoms with Crippen molar-refractivity contribution >= 4 is 40.4 Å². The molecule has 8 heteroatoms. The van der Waals surface area contributed by atoms with Crippen molar-refractivity contribution in [3.63, 3.8) is 0 Å². The van der Waals surface area contributed by atoms with E-state index in [2.05, 4.69) is 9.98 Å². The van der Waals surface area contributed by atoms with E-state index in [1.54, 1.807) is 29.2 Å². The first kappa shape index (κ1) is 17.8. The highest BCUT2D eigenvalue weighted by Gasteiger charge is 2.32. The van der Waals surface area contributed by atoms with Gasteiger partial charge in [-0.15, -0.1) is 0 Å². The van der Waals surface area contributed by atoms with Gasteiger partial charge in [-0.2, -0.15) is 0 Å². The lowest BCUT2D eigenvalue weighted by Gasteiger charge is -2.11. The fraction of sp³-hybridized carbons (Fsp3) is 0.167. The van der Waals surface area contributed by atoms with E-state index in [0.717, 1.165) is 5.69 Å². The average Bonchev–Trinajstić information content (AvgIpc) is 2.89. The lowest BCUT2D eigenvalue weighted by Crippen LogP contribution is -2.28. The molecule has 26 heavy (non-hydrogen) atoms. The minimum Gasteiger partial charge on any atom is -0.287 e. The van der Waals surface area contributed by atoms with Crippen LogP contribution in [-0.2, 0) is 4.79 Å². The van der Waals surface area contributed by atoms with Gasteiger partial charge in [0.2, 0.25) is 0 Å². The van der Waals surface area contributed by atoms with Gasteiger partial charge in [-0.3, -0.25) is 19.8 Å². The summed E-state index contributed by atoms with van der Waals surface area (Å²) in [6.45, 7) is 4.22. The molecule has 0 saturated carbocycles. The van der Waals surface area contributed by atoms with Gasteiger partial charge in [0.05, 0.1) is 9.83 Å². The van der Waals surface area contributed by atoms with E-state index in [4.69, 9.17) is 0 Å². The molecule has 1 fully saturated rings. The fourth-order valence-corrected chi connectivity index (χ4v) is 3.49. The minimum absolute atomic E-state index is 0.0139. The van der Waals surface area contributed by atoms with Crippen molar-refractivity contribution in [2.24, 2.45) is 4.99 Å². The number of pyridine rings is 1. The molecule has 1 aliphatic rings. The van der Waals surface area contributed by atoms with E-state index in [-0.39, 0.29) is 11.6 Å². The predicted molar refractivity (Wildman–Crippen MR) is 102 cm³/mol. The molecule has 0 spiro atoms. The number of nitro groups is 1. The van der Waals surface area contributed by atoms with Crippen LogP contribution in [0.15, 0.2) is 52.4 Å². The average molecular weight is 368 g/mol. The summed E-state index contributed by atoms with van der Waals surface area (Å²) < 4.78 is 0. The molecule has 1 saturated heterocycles. The zero-order valence-corrected chi connectivity index (χ0v) is 15.1. The van der Waals surface area contributed by atoms with Crippen molar-refractivity contribution < 1.29 is 9.72 Å². The number of amidine groups is 1. The fourth-order valence-electron chi connectivity index (χ4n) is 2.44. The standard InChI is InChI=1S/C18H16N4O3S/c1-3-21-17(23)15(11-13-7-5-8-14(10-13)22(24)25)26-18(21)20-16-9-4-6-12(2)19-16/h4-11H,3H2,1-2H3/b15-11-,20-18+. The van der Waals surface area contributed by atoms with E-state index in [1.165, 1.54) is 23.9 Å². The number of likely N-dealkylation sites (N-methyl/N-ethyl adjacent to an activating group) is 1. The van der Waals surface area contributed by atoms with Gasteiger partial charge in [0.1, 0.15) is 0 Å². The third kappa shape index (κ3) is 3.80. The van der Waals surface area contributed by atoms with Crippen molar-refractivity contribution in [3.05, 3.63) is 68.7 Å². The van der Waals surface area contributed by atoms with Gasteiger partial charge in [0.15, 0.2) is 11.0 Å². The van der Waals surface area contributed by atoms with E-state index in [9.17, 15) is 14.9 Å². The van der Waals surface area contributed by atoms with Crippen molar-refractivity contribution in [1.82, 2.24) is 9.88 Å². The number of hydrogen-bond acceptors (Lipinski definition) is 6. The molecule has 2 heterocycles. The highest BCUT2D eigenvalue weighted by Crippen LogP contribution is 2.34. The molecule has 7 nitrogen and oxygen atoms in total. The summed E-state index contributed by atoms with van der Waals surface area (Å²) >= 11 is 1.24. The number of carbonyl (C=O) groups is 1. The third-order valence-corrected chi connectivity index (χ3v) is 4.67. The van der Waals surface area contributed by atoms with Gasteiger partial charge in [-0.05, 0) is 49.4 Å². The summed E-state index contributed by atoms with van der Waals surface area (Å²) in [5.74, 6) is 0.366. The Morgan fingerprint density at radius 2 is 2.08 bits per heavy atom. The summed E-state index contributed by atoms with van der Waals surface area (Å²) in [6.07, 6.45) is 1.65. The smallest absolute Gasteiger partial charge is 0.270 e. The first-order chi connectivity index (χ1) is 12.5. The zero-order chi connectivity index (χ0) is 18.7. The summed E-state index contributed by atoms with van der Waals surface area (Å²) in [4.78, 5) is 33.9. The van der Waals surface area contributed by atoms with Crippen molar-refractivity contribution in [3.8, 4) is 0 Å². The van der Waals surface area contributed by atoms with Crippen LogP contribution in [0.3, 0.4) is 0 Å². The molecular formula is C18H16N4O3S. The second kappa shape index (κ2) is 7.49. The molecular weight excluding hydrogens is 352 g/mol. The van der Waals surface area contributed by atoms with Crippen molar-refractivity contribution in [1.29, 1.82) is 0 Å². The number of thioether (sulfide) groups is 1. The second-order valence-corrected chi connectivity index (χ2v) is 6.55. The Morgan fingerprint density at radius 3 is 2.77 bits per heavy atom. The normalized spacial score (nSPS) is 17.3. The molecule has 1 aromatic carbocycles. The Hall–Kier alpha value is -3.00. The minimum atomic E-state index is -0.458. The Kier molecular flexibility index (Phi) is 5.13. The number of aliphatic imine (C=N–C) groups is 1. The third-order valence-electron chi connectivity index (χ3n) is 3.67. The molecule has 0 N–H and O–H groups in total. The molecule has 0 bridgehead atoms. The zero-order valence-electron chi connectivity index (χ0n) is 14.2. The van der Waals surface area contributed by atoms with E-state index in [1.807, 2.05) is 26.0 Å². The van der Waals surface area contributed by atoms with Gasteiger partial charge in [-0.25, -0.2) is 9.98 Å². The number of nitro benzene ring substituents is 1. The second-order valence-electron chi connectivity index (χ2n) is 5.54. The largest absolute Gasteiger partial charge is 0.287 e. The number of rotatable bonds is 4. The van der Waals surface area contributed by atoms with Gasteiger partial charge in [0, 0.05) is 24.4 Å². The van der Waals surface area contributed by atoms with E-state index >= 15 is 0 Å². The molecule has 3 rings (SSSR count). The van der Waals surface area contributed by atoms with Gasteiger partial charge in [0.25, 0.3) is 11.6 Å². The Labute approximate surface area is 154 Å². The molecule has 0 radical (unpaired) electrons. The molecule has 0 aliphatic carbocycles. The topological polar surface area (TPSA) is 88.7 Å². The number of nitrogens with zero attached hydrogens (tertiary/aromatic N) is 4. The lowest BCUT2D eigenvalue weighted by molar-refractivity contribution is -0.384. The van der Waals surface area contributed by atoms with Crippen LogP contribution in [0.1, 0.15) is 18.2 Å². The lowest BCUT2D eigenvalue weighted by atomic mass is 10.2. The highest BCUT2D eigenvalue weighted by molar-refractivity contribution is 8.18. The Balaban J connectivity index is 1.94. The number of hydrogen-bond donors (Lipinski definition) is 0. The van der Waals surface area contributed by atoms with Crippen LogP contribution in [0.2, 0.25) is 0 Å². The number of aryl methyl sites for hydroxylation is 1. The summed E-state index contributed by atoms with van der Waals surface area (Å²) in [5, 5.41) is 11.5. The van der Waals surface area contributed by atoms with Crippen LogP contribution < -0.4 is 0 Å². The molecule has 0 atom stereocenters. The van der Waals surface area contributed by atoms with Crippen LogP contribution in [0.5, 0.6) is 0 Å². The molecule has 0 unspecified atom stereocenters. The maximum absolute atomic E-state index is 12.6. The predicted octanol–water partition coefficient (Wildman–Crippen LogP) is 3.92. The van der Waals surface area contributed by atoms with Crippen molar-refractivity contribution in [2.75, 3.05) is 6.54 Å². The van der Waals surface area contributed by atoms with Crippen LogP contribution in [0.4, 0.5) is 11.5 Å². The Bertz CT molecular complexity index is 940. The van der Waals surface area contributed by atoms with E-state index < -0.39 is 4.92 Å². The number of carbonyl (C=O) groups excluding carboxylic acids is 1. The Morgan fingerprint density at radius 1 is 1.31 bits per heavy atom. The molecule has 132 valence electrons. The summed E-state index contributed by atoms with van der Waals surface area (Å²) in [7, 11) is 0. The molecule has 1 aliphatic heterocycles. The molecule has 1 amide bonds. The number of amides is 1. The van der Waals surface area contributed by atoms with Crippen LogP contribution >= 0.6 is 11.8 Å². The maximum atomic E-state index is 12.6. The maximum Gasteiger partial charge on any atom is 0.270 e. The summed E-state index contributed by atoms with van der Waals surface area (Å²) in [5.41, 5.74) is 1.43. The SMILES string of the molecule is CCN1C(=O)/C(=C/c2cccc([N+](=O)[O-])c2)S/C1=N/c1cccc(C)n1. The molecule has 1 aromatic heterocycles. The van der Waals surface area contributed by atoms with Crippen LogP contribution in [0.25, 0.3) is 6.08 Å². The van der Waals surface area contributed by atoms with Crippen LogP contribution in [-0.4, -0.2) is 32.4 Å². The molecule has 2 aromatic rings. The quantitative estimate of drug-likeness (QED) is 0.463. The number of benzene rings is 1. The van der Waals surface area contributed by atoms with Gasteiger partial charge < -0.3 is 0 Å². The first-order valence-corrected chi connectivity index (χ1v) is 8.78. The highest BCUT2D eigenvalue weighted by atomic mass is 32.2. The first-order valence-electron chi connectivity index (χ1n) is 7.96.